The molecule has 4 nitrogen and oxygen atoms in total. The number of carbonyl (C=O) groups excluding carboxylic acids is 1. The maximum absolute atomic E-state index is 14.1. The number of esters is 1. The van der Waals surface area contributed by atoms with E-state index in [0.717, 1.165) is 56.8 Å². The molecule has 0 saturated heterocycles. The van der Waals surface area contributed by atoms with Crippen molar-refractivity contribution in [3.63, 3.8) is 0 Å². The molecule has 0 amide bonds. The van der Waals surface area contributed by atoms with Gasteiger partial charge in [-0.2, -0.15) is 0 Å². The van der Waals surface area contributed by atoms with Crippen molar-refractivity contribution in [1.82, 2.24) is 0 Å². The Morgan fingerprint density at radius 1 is 0.319 bits per heavy atom. The lowest BCUT2D eigenvalue weighted by Crippen LogP contribution is -2.29. The van der Waals surface area contributed by atoms with Gasteiger partial charge in [-0.1, -0.05) is 363 Å². The van der Waals surface area contributed by atoms with Crippen molar-refractivity contribution >= 4 is 11.9 Å². The van der Waals surface area contributed by atoms with Gasteiger partial charge in [-0.15, -0.1) is 0 Å². The molecule has 3 atom stereocenters. The molecule has 4 heteroatoms. The van der Waals surface area contributed by atoms with Crippen LogP contribution in [0.2, 0.25) is 0 Å². The van der Waals surface area contributed by atoms with Crippen LogP contribution in [0.4, 0.5) is 0 Å². The molecule has 0 spiro atoms. The summed E-state index contributed by atoms with van der Waals surface area (Å²) >= 11 is 0. The number of hydrogen-bond donors (Lipinski definition) is 1. The van der Waals surface area contributed by atoms with Gasteiger partial charge in [0.1, 0.15) is 0 Å². The van der Waals surface area contributed by atoms with E-state index in [4.69, 9.17) is 4.74 Å². The molecule has 0 saturated carbocycles. The predicted octanol–water partition coefficient (Wildman–Crippen LogP) is 23.9. The first-order chi connectivity index (χ1) is 35.2. The van der Waals surface area contributed by atoms with E-state index in [1.165, 1.54) is 295 Å². The Morgan fingerprint density at radius 3 is 0.875 bits per heavy atom. The Kier molecular flexibility index (Phi) is 56.8. The lowest BCUT2D eigenvalue weighted by Gasteiger charge is -2.27. The van der Waals surface area contributed by atoms with E-state index in [1.54, 1.807) is 0 Å². The largest absolute Gasteiger partial charge is 0.481 e. The SMILES string of the molecule is CCCCCCCCCCCCCCCCC(C(=O)OCCCCCCCCCCCCCC(C)C)C(CCC(CCCCCCCCCCCC)CCCCCCCCCCCCCC(C)C)CC(=O)O. The molecule has 0 fully saturated rings. The Balaban J connectivity index is 5.29. The Labute approximate surface area is 453 Å². The van der Waals surface area contributed by atoms with Crippen molar-refractivity contribution in [2.75, 3.05) is 6.61 Å². The molecule has 0 radical (unpaired) electrons. The van der Waals surface area contributed by atoms with Gasteiger partial charge in [-0.3, -0.25) is 9.59 Å². The molecule has 0 aliphatic heterocycles. The average Bonchev–Trinajstić information content (AvgIpc) is 3.35. The van der Waals surface area contributed by atoms with E-state index >= 15 is 0 Å². The van der Waals surface area contributed by atoms with Crippen molar-refractivity contribution in [1.29, 1.82) is 0 Å². The van der Waals surface area contributed by atoms with Gasteiger partial charge in [0.05, 0.1) is 12.5 Å². The average molecular weight is 1020 g/mol. The highest BCUT2D eigenvalue weighted by atomic mass is 16.5. The van der Waals surface area contributed by atoms with E-state index in [0.29, 0.717) is 12.5 Å². The van der Waals surface area contributed by atoms with Gasteiger partial charge in [0, 0.05) is 6.42 Å². The summed E-state index contributed by atoms with van der Waals surface area (Å²) in [6.45, 7) is 14.4. The first-order valence-electron chi connectivity index (χ1n) is 33.6. The smallest absolute Gasteiger partial charge is 0.309 e. The number of carboxylic acid groups (broad SMARTS) is 1. The van der Waals surface area contributed by atoms with Crippen LogP contribution in [0.15, 0.2) is 0 Å². The molecular formula is C68H134O4. The topological polar surface area (TPSA) is 63.6 Å². The Morgan fingerprint density at radius 2 is 0.583 bits per heavy atom. The van der Waals surface area contributed by atoms with E-state index in [1.807, 2.05) is 0 Å². The van der Waals surface area contributed by atoms with Crippen LogP contribution in [0.25, 0.3) is 0 Å². The fourth-order valence-electron chi connectivity index (χ4n) is 11.7. The van der Waals surface area contributed by atoms with Crippen LogP contribution >= 0.6 is 0 Å². The molecular weight excluding hydrogens is 881 g/mol. The van der Waals surface area contributed by atoms with E-state index < -0.39 is 5.97 Å². The van der Waals surface area contributed by atoms with Crippen molar-refractivity contribution in [3.05, 3.63) is 0 Å². The minimum absolute atomic E-state index is 0.0956. The minimum atomic E-state index is -0.748. The first kappa shape index (κ1) is 70.9. The van der Waals surface area contributed by atoms with Crippen molar-refractivity contribution in [2.45, 2.75) is 388 Å². The van der Waals surface area contributed by atoms with Gasteiger partial charge in [0.2, 0.25) is 0 Å². The molecule has 0 aromatic heterocycles. The molecule has 0 heterocycles. The summed E-state index contributed by atoms with van der Waals surface area (Å²) in [6.07, 6.45) is 69.5. The number of unbranched alkanes of at least 4 members (excludes halogenated alkanes) is 42. The lowest BCUT2D eigenvalue weighted by molar-refractivity contribution is -0.152. The molecule has 0 aromatic carbocycles. The second-order valence-electron chi connectivity index (χ2n) is 24.9. The van der Waals surface area contributed by atoms with Gasteiger partial charge in [-0.25, -0.2) is 0 Å². The van der Waals surface area contributed by atoms with Crippen LogP contribution < -0.4 is 0 Å². The van der Waals surface area contributed by atoms with Gasteiger partial charge < -0.3 is 9.84 Å². The molecule has 0 aliphatic rings. The highest BCUT2D eigenvalue weighted by Gasteiger charge is 2.31. The minimum Gasteiger partial charge on any atom is -0.481 e. The number of carboxylic acids is 1. The quantitative estimate of drug-likeness (QED) is 0.0487. The van der Waals surface area contributed by atoms with Crippen LogP contribution in [-0.4, -0.2) is 23.7 Å². The highest BCUT2D eigenvalue weighted by Crippen LogP contribution is 2.33. The monoisotopic (exact) mass is 1020 g/mol. The fraction of sp³-hybridized carbons (Fsp3) is 0.971. The summed E-state index contributed by atoms with van der Waals surface area (Å²) in [5, 5.41) is 10.3. The summed E-state index contributed by atoms with van der Waals surface area (Å²) in [4.78, 5) is 26.6. The fourth-order valence-corrected chi connectivity index (χ4v) is 11.7. The van der Waals surface area contributed by atoms with Crippen LogP contribution in [-0.2, 0) is 14.3 Å². The third kappa shape index (κ3) is 53.8. The zero-order chi connectivity index (χ0) is 52.6. The van der Waals surface area contributed by atoms with Crippen LogP contribution in [0.1, 0.15) is 388 Å². The van der Waals surface area contributed by atoms with Gasteiger partial charge in [-0.05, 0) is 42.9 Å². The summed E-state index contributed by atoms with van der Waals surface area (Å²) in [5.74, 6) is 1.06. The highest BCUT2D eigenvalue weighted by molar-refractivity contribution is 5.74. The molecule has 0 aliphatic carbocycles. The van der Waals surface area contributed by atoms with Crippen molar-refractivity contribution in [2.24, 2.45) is 29.6 Å². The van der Waals surface area contributed by atoms with Gasteiger partial charge >= 0.3 is 11.9 Å². The molecule has 0 bridgehead atoms. The molecule has 0 rings (SSSR count). The maximum Gasteiger partial charge on any atom is 0.309 e. The Hall–Kier alpha value is -1.06. The third-order valence-electron chi connectivity index (χ3n) is 16.7. The van der Waals surface area contributed by atoms with E-state index in [9.17, 15) is 14.7 Å². The number of hydrogen-bond acceptors (Lipinski definition) is 3. The maximum atomic E-state index is 14.1. The van der Waals surface area contributed by atoms with Gasteiger partial charge in [0.25, 0.3) is 0 Å². The molecule has 0 aromatic rings. The lowest BCUT2D eigenvalue weighted by atomic mass is 9.79. The van der Waals surface area contributed by atoms with E-state index in [2.05, 4.69) is 41.5 Å². The van der Waals surface area contributed by atoms with Gasteiger partial charge in [0.15, 0.2) is 0 Å². The van der Waals surface area contributed by atoms with Crippen LogP contribution in [0.3, 0.4) is 0 Å². The van der Waals surface area contributed by atoms with Crippen molar-refractivity contribution < 1.29 is 19.4 Å². The molecule has 430 valence electrons. The number of carbonyl (C=O) groups is 2. The Bertz CT molecular complexity index is 1070. The number of ether oxygens (including phenoxy) is 1. The van der Waals surface area contributed by atoms with Crippen LogP contribution in [0.5, 0.6) is 0 Å². The number of aliphatic carboxylic acids is 1. The summed E-state index contributed by atoms with van der Waals surface area (Å²) in [7, 11) is 0. The zero-order valence-electron chi connectivity index (χ0n) is 50.4. The molecule has 1 N–H and O–H groups in total. The predicted molar refractivity (Wildman–Crippen MR) is 319 cm³/mol. The summed E-state index contributed by atoms with van der Waals surface area (Å²) < 4.78 is 6.11. The molecule has 72 heavy (non-hydrogen) atoms. The van der Waals surface area contributed by atoms with Crippen LogP contribution in [0, 0.1) is 29.6 Å². The normalized spacial score (nSPS) is 13.1. The third-order valence-corrected chi connectivity index (χ3v) is 16.7. The standard InChI is InChI=1S/C68H134O4/c1-7-9-11-13-15-17-19-20-21-27-33-39-45-51-57-66(68(71)72-60-52-46-40-34-28-23-25-30-36-42-48-54-63(5)6)65(61-67(69)70)59-58-64(55-49-43-37-31-18-16-14-12-10-8-2)56-50-44-38-32-26-22-24-29-35-41-47-53-62(3)4/h62-66H,7-61H2,1-6H3,(H,69,70). The van der Waals surface area contributed by atoms with Crippen molar-refractivity contribution in [3.8, 4) is 0 Å². The number of rotatable bonds is 61. The zero-order valence-corrected chi connectivity index (χ0v) is 50.4. The second-order valence-corrected chi connectivity index (χ2v) is 24.9. The summed E-state index contributed by atoms with van der Waals surface area (Å²) in [5.41, 5.74) is 0. The van der Waals surface area contributed by atoms with E-state index in [-0.39, 0.29) is 24.2 Å². The molecule has 3 unspecified atom stereocenters. The summed E-state index contributed by atoms with van der Waals surface area (Å²) in [6, 6.07) is 0. The first-order valence-corrected chi connectivity index (χ1v) is 33.6. The second kappa shape index (κ2) is 57.6.